The fourth-order valence-electron chi connectivity index (χ4n) is 2.49. The number of carbonyl (C=O) groups excluding carboxylic acids is 1. The molecule has 0 radical (unpaired) electrons. The number of nitrogens with zero attached hydrogens (tertiary/aromatic N) is 1. The molecule has 132 valence electrons. The summed E-state index contributed by atoms with van der Waals surface area (Å²) in [5, 5.41) is 13.4. The standard InChI is InChI=1S/C19H22N2O3S/c1-3-15(16-7-5-4-6-8-16)13-20-19(22)14(2)25-18-11-9-17(10-12-18)21(23)24/h4-12,14-15H,3,13H2,1-2H3,(H,20,22). The lowest BCUT2D eigenvalue weighted by molar-refractivity contribution is -0.384. The quantitative estimate of drug-likeness (QED) is 0.432. The minimum Gasteiger partial charge on any atom is -0.355 e. The van der Waals surface area contributed by atoms with Crippen LogP contribution in [0.1, 0.15) is 31.7 Å². The first-order chi connectivity index (χ1) is 12.0. The molecule has 1 N–H and O–H groups in total. The maximum atomic E-state index is 12.3. The normalized spacial score (nSPS) is 13.0. The largest absolute Gasteiger partial charge is 0.355 e. The SMILES string of the molecule is CCC(CNC(=O)C(C)Sc1ccc([N+](=O)[O-])cc1)c1ccccc1. The summed E-state index contributed by atoms with van der Waals surface area (Å²) in [5.41, 5.74) is 1.27. The lowest BCUT2D eigenvalue weighted by Gasteiger charge is -2.18. The molecule has 25 heavy (non-hydrogen) atoms. The van der Waals surface area contributed by atoms with Crippen molar-refractivity contribution in [2.45, 2.75) is 36.3 Å². The lowest BCUT2D eigenvalue weighted by Crippen LogP contribution is -2.34. The van der Waals surface area contributed by atoms with Gasteiger partial charge in [-0.3, -0.25) is 14.9 Å². The van der Waals surface area contributed by atoms with Gasteiger partial charge in [0.25, 0.3) is 5.69 Å². The lowest BCUT2D eigenvalue weighted by atomic mass is 9.96. The highest BCUT2D eigenvalue weighted by molar-refractivity contribution is 8.00. The molecule has 0 fully saturated rings. The summed E-state index contributed by atoms with van der Waals surface area (Å²) in [7, 11) is 0. The fraction of sp³-hybridized carbons (Fsp3) is 0.316. The van der Waals surface area contributed by atoms with E-state index in [2.05, 4.69) is 24.4 Å². The Morgan fingerprint density at radius 2 is 1.80 bits per heavy atom. The van der Waals surface area contributed by atoms with Crippen LogP contribution in [-0.2, 0) is 4.79 Å². The number of hydrogen-bond donors (Lipinski definition) is 1. The number of hydrogen-bond acceptors (Lipinski definition) is 4. The molecule has 0 aliphatic heterocycles. The molecule has 0 saturated heterocycles. The van der Waals surface area contributed by atoms with Crippen LogP contribution in [-0.4, -0.2) is 22.6 Å². The van der Waals surface area contributed by atoms with E-state index in [9.17, 15) is 14.9 Å². The molecular formula is C19H22N2O3S. The number of nitro groups is 1. The average molecular weight is 358 g/mol. The number of nitro benzene ring substituents is 1. The second kappa shape index (κ2) is 9.22. The van der Waals surface area contributed by atoms with Crippen LogP contribution in [0.5, 0.6) is 0 Å². The molecule has 2 rings (SSSR count). The van der Waals surface area contributed by atoms with E-state index in [1.165, 1.54) is 29.5 Å². The zero-order chi connectivity index (χ0) is 18.2. The third kappa shape index (κ3) is 5.60. The Bertz CT molecular complexity index is 704. The van der Waals surface area contributed by atoms with Crippen LogP contribution in [0.25, 0.3) is 0 Å². The highest BCUT2D eigenvalue weighted by Gasteiger charge is 2.17. The Morgan fingerprint density at radius 3 is 2.36 bits per heavy atom. The van der Waals surface area contributed by atoms with Gasteiger partial charge in [0.05, 0.1) is 10.2 Å². The number of carbonyl (C=O) groups is 1. The van der Waals surface area contributed by atoms with Gasteiger partial charge in [0.2, 0.25) is 5.91 Å². The molecule has 2 atom stereocenters. The van der Waals surface area contributed by atoms with E-state index in [4.69, 9.17) is 0 Å². The number of nitrogens with one attached hydrogen (secondary N) is 1. The molecular weight excluding hydrogens is 336 g/mol. The fourth-order valence-corrected chi connectivity index (χ4v) is 3.39. The topological polar surface area (TPSA) is 72.2 Å². The van der Waals surface area contributed by atoms with Gasteiger partial charge in [-0.1, -0.05) is 37.3 Å². The van der Waals surface area contributed by atoms with E-state index >= 15 is 0 Å². The van der Waals surface area contributed by atoms with E-state index in [-0.39, 0.29) is 16.8 Å². The summed E-state index contributed by atoms with van der Waals surface area (Å²) < 4.78 is 0. The Balaban J connectivity index is 1.88. The zero-order valence-corrected chi connectivity index (χ0v) is 15.2. The minimum absolute atomic E-state index is 0.0299. The summed E-state index contributed by atoms with van der Waals surface area (Å²) in [6.45, 7) is 4.55. The van der Waals surface area contributed by atoms with E-state index in [1.54, 1.807) is 12.1 Å². The molecule has 2 aromatic rings. The number of rotatable bonds is 8. The Morgan fingerprint density at radius 1 is 1.16 bits per heavy atom. The Kier molecular flexibility index (Phi) is 7.01. The molecule has 0 bridgehead atoms. The molecule has 0 heterocycles. The first-order valence-electron chi connectivity index (χ1n) is 8.25. The molecule has 1 amide bonds. The van der Waals surface area contributed by atoms with Gasteiger partial charge in [-0.05, 0) is 31.0 Å². The predicted octanol–water partition coefficient (Wildman–Crippen LogP) is 4.39. The number of amides is 1. The average Bonchev–Trinajstić information content (AvgIpc) is 2.63. The van der Waals surface area contributed by atoms with Gasteiger partial charge in [0.1, 0.15) is 0 Å². The van der Waals surface area contributed by atoms with Crippen molar-refractivity contribution in [1.29, 1.82) is 0 Å². The van der Waals surface area contributed by atoms with Crippen LogP contribution < -0.4 is 5.32 Å². The van der Waals surface area contributed by atoms with Crippen molar-refractivity contribution in [1.82, 2.24) is 5.32 Å². The van der Waals surface area contributed by atoms with Gasteiger partial charge >= 0.3 is 0 Å². The third-order valence-electron chi connectivity index (χ3n) is 4.02. The van der Waals surface area contributed by atoms with Gasteiger partial charge in [0.15, 0.2) is 0 Å². The molecule has 0 aliphatic carbocycles. The van der Waals surface area contributed by atoms with Crippen LogP contribution >= 0.6 is 11.8 Å². The van der Waals surface area contributed by atoms with Crippen molar-refractivity contribution >= 4 is 23.4 Å². The van der Waals surface area contributed by atoms with Crippen LogP contribution in [0.2, 0.25) is 0 Å². The highest BCUT2D eigenvalue weighted by Crippen LogP contribution is 2.25. The van der Waals surface area contributed by atoms with Crippen molar-refractivity contribution in [3.05, 3.63) is 70.3 Å². The van der Waals surface area contributed by atoms with E-state index in [0.29, 0.717) is 12.5 Å². The maximum Gasteiger partial charge on any atom is 0.269 e. The molecule has 0 spiro atoms. The van der Waals surface area contributed by atoms with Crippen LogP contribution in [0.15, 0.2) is 59.5 Å². The van der Waals surface area contributed by atoms with Gasteiger partial charge in [-0.25, -0.2) is 0 Å². The second-order valence-corrected chi connectivity index (χ2v) is 7.19. The summed E-state index contributed by atoms with van der Waals surface area (Å²) in [4.78, 5) is 23.4. The first-order valence-corrected chi connectivity index (χ1v) is 9.13. The van der Waals surface area contributed by atoms with E-state index in [0.717, 1.165) is 11.3 Å². The highest BCUT2D eigenvalue weighted by atomic mass is 32.2. The van der Waals surface area contributed by atoms with Crippen LogP contribution in [0, 0.1) is 10.1 Å². The summed E-state index contributed by atoms with van der Waals surface area (Å²) in [5.74, 6) is 0.263. The van der Waals surface area contributed by atoms with Gasteiger partial charge in [0, 0.05) is 29.5 Å². The first kappa shape index (κ1) is 19.0. The van der Waals surface area contributed by atoms with E-state index < -0.39 is 4.92 Å². The monoisotopic (exact) mass is 358 g/mol. The second-order valence-electron chi connectivity index (χ2n) is 5.77. The summed E-state index contributed by atoms with van der Waals surface area (Å²) >= 11 is 1.39. The van der Waals surface area contributed by atoms with Crippen molar-refractivity contribution < 1.29 is 9.72 Å². The Hall–Kier alpha value is -2.34. The molecule has 6 heteroatoms. The van der Waals surface area contributed by atoms with Crippen molar-refractivity contribution in [2.24, 2.45) is 0 Å². The molecule has 0 aliphatic rings. The number of non-ortho nitro benzene ring substituents is 1. The third-order valence-corrected chi connectivity index (χ3v) is 5.13. The van der Waals surface area contributed by atoms with Crippen molar-refractivity contribution in [3.8, 4) is 0 Å². The Labute approximate surface area is 152 Å². The molecule has 0 saturated carbocycles. The zero-order valence-electron chi connectivity index (χ0n) is 14.3. The molecule has 2 unspecified atom stereocenters. The van der Waals surface area contributed by atoms with Crippen LogP contribution in [0.4, 0.5) is 5.69 Å². The maximum absolute atomic E-state index is 12.3. The van der Waals surface area contributed by atoms with Gasteiger partial charge in [-0.2, -0.15) is 0 Å². The molecule has 5 nitrogen and oxygen atoms in total. The van der Waals surface area contributed by atoms with Crippen molar-refractivity contribution in [2.75, 3.05) is 6.54 Å². The molecule has 0 aromatic heterocycles. The predicted molar refractivity (Wildman–Crippen MR) is 101 cm³/mol. The van der Waals surface area contributed by atoms with E-state index in [1.807, 2.05) is 25.1 Å². The number of thioether (sulfide) groups is 1. The number of benzene rings is 2. The summed E-state index contributed by atoms with van der Waals surface area (Å²) in [6, 6.07) is 16.4. The molecule has 2 aromatic carbocycles. The van der Waals surface area contributed by atoms with Crippen molar-refractivity contribution in [3.63, 3.8) is 0 Å². The summed E-state index contributed by atoms with van der Waals surface area (Å²) in [6.07, 6.45) is 0.953. The van der Waals surface area contributed by atoms with Gasteiger partial charge < -0.3 is 5.32 Å². The smallest absolute Gasteiger partial charge is 0.269 e. The van der Waals surface area contributed by atoms with Gasteiger partial charge in [-0.15, -0.1) is 11.8 Å². The van der Waals surface area contributed by atoms with Crippen LogP contribution in [0.3, 0.4) is 0 Å². The minimum atomic E-state index is -0.431.